The summed E-state index contributed by atoms with van der Waals surface area (Å²) in [6.45, 7) is 0.0969. The molecule has 0 saturated heterocycles. The Bertz CT molecular complexity index is 335. The zero-order chi connectivity index (χ0) is 9.84. The van der Waals surface area contributed by atoms with Gasteiger partial charge in [0, 0.05) is 18.0 Å². The van der Waals surface area contributed by atoms with Crippen LogP contribution in [0.25, 0.3) is 0 Å². The number of hydrogen-bond acceptors (Lipinski definition) is 4. The first-order chi connectivity index (χ1) is 6.09. The molecule has 1 aromatic heterocycles. The summed E-state index contributed by atoms with van der Waals surface area (Å²) in [5.74, 6) is 0. The minimum atomic E-state index is -1.14. The summed E-state index contributed by atoms with van der Waals surface area (Å²) in [4.78, 5) is 19.8. The van der Waals surface area contributed by atoms with E-state index in [0.717, 1.165) is 11.3 Å². The number of carboxylic acid groups (broad SMARTS) is 1. The molecule has 1 heterocycles. The van der Waals surface area contributed by atoms with Crippen molar-refractivity contribution in [1.82, 2.24) is 5.32 Å². The minimum Gasteiger partial charge on any atom is -0.465 e. The SMILES string of the molecule is O=C(O)NCc1csc([N+](=O)[O-])c1. The summed E-state index contributed by atoms with van der Waals surface area (Å²) in [7, 11) is 0. The van der Waals surface area contributed by atoms with Crippen molar-refractivity contribution in [2.45, 2.75) is 6.54 Å². The second-order valence-electron chi connectivity index (χ2n) is 2.21. The van der Waals surface area contributed by atoms with Crippen molar-refractivity contribution in [2.75, 3.05) is 0 Å². The van der Waals surface area contributed by atoms with Gasteiger partial charge in [-0.05, 0) is 5.56 Å². The average Bonchev–Trinajstić information content (AvgIpc) is 2.48. The van der Waals surface area contributed by atoms with Crippen LogP contribution >= 0.6 is 11.3 Å². The minimum absolute atomic E-state index is 0.0159. The van der Waals surface area contributed by atoms with Crippen molar-refractivity contribution in [2.24, 2.45) is 0 Å². The largest absolute Gasteiger partial charge is 0.465 e. The Kier molecular flexibility index (Phi) is 2.80. The molecule has 7 heteroatoms. The molecule has 0 atom stereocenters. The summed E-state index contributed by atoms with van der Waals surface area (Å²) in [5, 5.41) is 22.2. The van der Waals surface area contributed by atoms with E-state index in [4.69, 9.17) is 5.11 Å². The summed E-state index contributed by atoms with van der Waals surface area (Å²) in [5.41, 5.74) is 0.596. The van der Waals surface area contributed by atoms with Gasteiger partial charge >= 0.3 is 11.1 Å². The van der Waals surface area contributed by atoms with Crippen LogP contribution in [-0.2, 0) is 6.54 Å². The van der Waals surface area contributed by atoms with Gasteiger partial charge in [-0.2, -0.15) is 0 Å². The van der Waals surface area contributed by atoms with E-state index in [1.807, 2.05) is 0 Å². The maximum absolute atomic E-state index is 10.2. The second-order valence-corrected chi connectivity index (χ2v) is 3.10. The van der Waals surface area contributed by atoms with Gasteiger partial charge in [0.05, 0.1) is 4.92 Å². The molecule has 0 aliphatic heterocycles. The molecule has 1 aromatic rings. The van der Waals surface area contributed by atoms with E-state index in [2.05, 4.69) is 5.32 Å². The number of nitrogens with one attached hydrogen (secondary N) is 1. The highest BCUT2D eigenvalue weighted by Crippen LogP contribution is 2.22. The molecular weight excluding hydrogens is 196 g/mol. The molecule has 0 bridgehead atoms. The predicted molar refractivity (Wildman–Crippen MR) is 45.8 cm³/mol. The summed E-state index contributed by atoms with van der Waals surface area (Å²) >= 11 is 0.977. The first-order valence-corrected chi connectivity index (χ1v) is 4.16. The van der Waals surface area contributed by atoms with Crippen LogP contribution in [0, 0.1) is 10.1 Å². The van der Waals surface area contributed by atoms with Crippen molar-refractivity contribution in [3.05, 3.63) is 27.1 Å². The zero-order valence-corrected chi connectivity index (χ0v) is 7.21. The molecule has 0 unspecified atom stereocenters. The van der Waals surface area contributed by atoms with E-state index in [0.29, 0.717) is 5.56 Å². The Morgan fingerprint density at radius 2 is 2.46 bits per heavy atom. The molecule has 1 rings (SSSR count). The third kappa shape index (κ3) is 2.71. The Hall–Kier alpha value is -1.63. The first-order valence-electron chi connectivity index (χ1n) is 3.28. The fourth-order valence-electron chi connectivity index (χ4n) is 0.729. The highest BCUT2D eigenvalue weighted by molar-refractivity contribution is 7.13. The Balaban J connectivity index is 2.59. The van der Waals surface area contributed by atoms with Gasteiger partial charge in [0.1, 0.15) is 0 Å². The van der Waals surface area contributed by atoms with Gasteiger partial charge in [0.2, 0.25) is 0 Å². The van der Waals surface area contributed by atoms with Gasteiger partial charge < -0.3 is 10.4 Å². The van der Waals surface area contributed by atoms with Gasteiger partial charge in [0.25, 0.3) is 0 Å². The second kappa shape index (κ2) is 3.85. The number of hydrogen-bond donors (Lipinski definition) is 2. The van der Waals surface area contributed by atoms with Crippen molar-refractivity contribution in [3.8, 4) is 0 Å². The fourth-order valence-corrected chi connectivity index (χ4v) is 1.46. The molecule has 1 amide bonds. The van der Waals surface area contributed by atoms with Crippen LogP contribution < -0.4 is 5.32 Å². The molecule has 0 fully saturated rings. The van der Waals surface area contributed by atoms with Crippen LogP contribution in [0.2, 0.25) is 0 Å². The van der Waals surface area contributed by atoms with Gasteiger partial charge in [0.15, 0.2) is 0 Å². The molecule has 70 valence electrons. The van der Waals surface area contributed by atoms with Crippen molar-refractivity contribution in [1.29, 1.82) is 0 Å². The number of carbonyl (C=O) groups is 1. The first kappa shape index (κ1) is 9.46. The number of thiophene rings is 1. The van der Waals surface area contributed by atoms with Crippen LogP contribution in [0.5, 0.6) is 0 Å². The van der Waals surface area contributed by atoms with E-state index in [9.17, 15) is 14.9 Å². The maximum Gasteiger partial charge on any atom is 0.404 e. The van der Waals surface area contributed by atoms with E-state index in [1.165, 1.54) is 6.07 Å². The van der Waals surface area contributed by atoms with Crippen molar-refractivity contribution in [3.63, 3.8) is 0 Å². The Morgan fingerprint density at radius 3 is 2.92 bits per heavy atom. The third-order valence-electron chi connectivity index (χ3n) is 1.26. The van der Waals surface area contributed by atoms with Gasteiger partial charge in [-0.1, -0.05) is 11.3 Å². The number of amides is 1. The van der Waals surface area contributed by atoms with Crippen molar-refractivity contribution < 1.29 is 14.8 Å². The van der Waals surface area contributed by atoms with E-state index in [-0.39, 0.29) is 11.5 Å². The van der Waals surface area contributed by atoms with Gasteiger partial charge in [-0.15, -0.1) is 0 Å². The van der Waals surface area contributed by atoms with Gasteiger partial charge in [-0.25, -0.2) is 4.79 Å². The lowest BCUT2D eigenvalue weighted by atomic mass is 10.3. The standard InChI is InChI=1S/C6H6N2O4S/c9-6(10)7-2-4-1-5(8(11)12)13-3-4/h1,3,7H,2H2,(H,9,10). The molecule has 0 aromatic carbocycles. The molecule has 2 N–H and O–H groups in total. The van der Waals surface area contributed by atoms with Crippen LogP contribution in [0.15, 0.2) is 11.4 Å². The molecule has 0 spiro atoms. The van der Waals surface area contributed by atoms with Crippen LogP contribution in [-0.4, -0.2) is 16.1 Å². The lowest BCUT2D eigenvalue weighted by Gasteiger charge is -1.94. The maximum atomic E-state index is 10.2. The highest BCUT2D eigenvalue weighted by atomic mass is 32.1. The van der Waals surface area contributed by atoms with Crippen LogP contribution in [0.1, 0.15) is 5.56 Å². The molecule has 6 nitrogen and oxygen atoms in total. The molecular formula is C6H6N2O4S. The van der Waals surface area contributed by atoms with Crippen LogP contribution in [0.4, 0.5) is 9.80 Å². The number of rotatable bonds is 3. The zero-order valence-electron chi connectivity index (χ0n) is 6.39. The number of nitrogens with zero attached hydrogens (tertiary/aromatic N) is 1. The van der Waals surface area contributed by atoms with Crippen LogP contribution in [0.3, 0.4) is 0 Å². The molecule has 0 aliphatic carbocycles. The Labute approximate surface area is 77.0 Å². The summed E-state index contributed by atoms with van der Waals surface area (Å²) in [6.07, 6.45) is -1.14. The quantitative estimate of drug-likeness (QED) is 0.572. The van der Waals surface area contributed by atoms with E-state index in [1.54, 1.807) is 5.38 Å². The average molecular weight is 202 g/mol. The summed E-state index contributed by atoms with van der Waals surface area (Å²) < 4.78 is 0. The normalized spacial score (nSPS) is 9.54. The van der Waals surface area contributed by atoms with E-state index < -0.39 is 11.0 Å². The monoisotopic (exact) mass is 202 g/mol. The third-order valence-corrected chi connectivity index (χ3v) is 2.19. The smallest absolute Gasteiger partial charge is 0.404 e. The molecule has 13 heavy (non-hydrogen) atoms. The van der Waals surface area contributed by atoms with Crippen molar-refractivity contribution >= 4 is 22.4 Å². The highest BCUT2D eigenvalue weighted by Gasteiger charge is 2.09. The molecule has 0 aliphatic rings. The predicted octanol–water partition coefficient (Wildman–Crippen LogP) is 1.42. The summed E-state index contributed by atoms with van der Waals surface area (Å²) in [6, 6.07) is 1.35. The number of nitro groups is 1. The fraction of sp³-hybridized carbons (Fsp3) is 0.167. The van der Waals surface area contributed by atoms with Gasteiger partial charge in [-0.3, -0.25) is 10.1 Å². The van der Waals surface area contributed by atoms with E-state index >= 15 is 0 Å². The lowest BCUT2D eigenvalue weighted by Crippen LogP contribution is -2.19. The molecule has 0 radical (unpaired) electrons. The Morgan fingerprint density at radius 1 is 1.77 bits per heavy atom. The topological polar surface area (TPSA) is 92.5 Å². The lowest BCUT2D eigenvalue weighted by molar-refractivity contribution is -0.380. The molecule has 0 saturated carbocycles.